The first-order valence-electron chi connectivity index (χ1n) is 6.14. The van der Waals surface area contributed by atoms with Crippen LogP contribution >= 0.6 is 0 Å². The fourth-order valence-corrected chi connectivity index (χ4v) is 2.07. The van der Waals surface area contributed by atoms with E-state index in [0.717, 1.165) is 31.6 Å². The van der Waals surface area contributed by atoms with Crippen LogP contribution in [0, 0.1) is 0 Å². The van der Waals surface area contributed by atoms with Crippen LogP contribution in [0.4, 0.5) is 13.2 Å². The highest BCUT2D eigenvalue weighted by Gasteiger charge is 2.31. The summed E-state index contributed by atoms with van der Waals surface area (Å²) in [5.74, 6) is 0.640. The molecule has 5 nitrogen and oxygen atoms in total. The fraction of sp³-hybridized carbons (Fsp3) is 0.417. The average molecular weight is 284 g/mol. The Balaban J connectivity index is 1.82. The molecule has 1 fully saturated rings. The topological polar surface area (TPSA) is 63.8 Å². The molecule has 1 N–H and O–H groups in total. The molecule has 106 valence electrons. The zero-order valence-electron chi connectivity index (χ0n) is 10.3. The maximum Gasteiger partial charge on any atom is 0.417 e. The van der Waals surface area contributed by atoms with Crippen molar-refractivity contribution in [2.45, 2.75) is 25.1 Å². The van der Waals surface area contributed by atoms with Gasteiger partial charge in [0.05, 0.1) is 11.6 Å². The van der Waals surface area contributed by atoms with Gasteiger partial charge in [0.1, 0.15) is 5.69 Å². The molecule has 0 amide bonds. The minimum absolute atomic E-state index is 0.0435. The van der Waals surface area contributed by atoms with Crippen LogP contribution in [0.15, 0.2) is 22.9 Å². The summed E-state index contributed by atoms with van der Waals surface area (Å²) >= 11 is 0. The largest absolute Gasteiger partial charge is 0.417 e. The number of nitrogens with zero attached hydrogens (tertiary/aromatic N) is 3. The molecule has 0 radical (unpaired) electrons. The maximum absolute atomic E-state index is 12.4. The molecule has 0 aromatic carbocycles. The average Bonchev–Trinajstić information content (AvgIpc) is 3.09. The summed E-state index contributed by atoms with van der Waals surface area (Å²) in [6.45, 7) is 0.896. The Labute approximate surface area is 112 Å². The maximum atomic E-state index is 12.4. The van der Waals surface area contributed by atoms with Gasteiger partial charge in [-0.05, 0) is 31.5 Å². The van der Waals surface area contributed by atoms with Crippen molar-refractivity contribution in [1.29, 1.82) is 0 Å². The van der Waals surface area contributed by atoms with Crippen molar-refractivity contribution in [3.05, 3.63) is 29.7 Å². The number of rotatable bonds is 2. The summed E-state index contributed by atoms with van der Waals surface area (Å²) in [5.41, 5.74) is -0.576. The normalized spacial score (nSPS) is 19.4. The van der Waals surface area contributed by atoms with Crippen LogP contribution < -0.4 is 5.32 Å². The van der Waals surface area contributed by atoms with Gasteiger partial charge in [0, 0.05) is 6.20 Å². The summed E-state index contributed by atoms with van der Waals surface area (Å²) in [5, 5.41) is 7.05. The molecule has 1 aliphatic rings. The molecule has 1 saturated heterocycles. The first-order chi connectivity index (χ1) is 9.54. The van der Waals surface area contributed by atoms with Gasteiger partial charge in [-0.25, -0.2) is 0 Å². The van der Waals surface area contributed by atoms with E-state index in [4.69, 9.17) is 4.52 Å². The summed E-state index contributed by atoms with van der Waals surface area (Å²) in [4.78, 5) is 7.89. The van der Waals surface area contributed by atoms with E-state index in [1.807, 2.05) is 0 Å². The Bertz CT molecular complexity index is 587. The molecule has 0 spiro atoms. The van der Waals surface area contributed by atoms with E-state index < -0.39 is 11.7 Å². The fourth-order valence-electron chi connectivity index (χ4n) is 2.07. The number of hydrogen-bond donors (Lipinski definition) is 1. The second-order valence-corrected chi connectivity index (χ2v) is 4.54. The molecule has 3 rings (SSSR count). The van der Waals surface area contributed by atoms with E-state index in [2.05, 4.69) is 20.4 Å². The third kappa shape index (κ3) is 2.51. The van der Waals surface area contributed by atoms with Gasteiger partial charge >= 0.3 is 6.18 Å². The lowest BCUT2D eigenvalue weighted by molar-refractivity contribution is -0.137. The molecule has 0 bridgehead atoms. The minimum Gasteiger partial charge on any atom is -0.332 e. The molecule has 1 atom stereocenters. The van der Waals surface area contributed by atoms with Crippen molar-refractivity contribution in [3.63, 3.8) is 0 Å². The molecule has 2 aromatic heterocycles. The number of halogens is 3. The van der Waals surface area contributed by atoms with E-state index in [9.17, 15) is 13.2 Å². The van der Waals surface area contributed by atoms with Gasteiger partial charge < -0.3 is 9.84 Å². The van der Waals surface area contributed by atoms with Crippen LogP contribution in [0.5, 0.6) is 0 Å². The van der Waals surface area contributed by atoms with Crippen LogP contribution in [-0.2, 0) is 6.18 Å². The highest BCUT2D eigenvalue weighted by atomic mass is 19.4. The monoisotopic (exact) mass is 284 g/mol. The lowest BCUT2D eigenvalue weighted by Gasteiger charge is -2.05. The van der Waals surface area contributed by atoms with Crippen LogP contribution in [0.2, 0.25) is 0 Å². The summed E-state index contributed by atoms with van der Waals surface area (Å²) in [7, 11) is 0. The zero-order chi connectivity index (χ0) is 14.2. The van der Waals surface area contributed by atoms with Crippen LogP contribution in [0.3, 0.4) is 0 Å². The molecule has 0 aliphatic carbocycles. The van der Waals surface area contributed by atoms with Crippen LogP contribution in [0.1, 0.15) is 30.3 Å². The van der Waals surface area contributed by atoms with Gasteiger partial charge in [-0.2, -0.15) is 18.2 Å². The molecule has 2 aromatic rings. The van der Waals surface area contributed by atoms with E-state index in [1.165, 1.54) is 6.07 Å². The molecular weight excluding hydrogens is 273 g/mol. The molecule has 3 heterocycles. The van der Waals surface area contributed by atoms with Gasteiger partial charge in [0.15, 0.2) is 5.82 Å². The van der Waals surface area contributed by atoms with Crippen molar-refractivity contribution in [2.75, 3.05) is 6.54 Å². The van der Waals surface area contributed by atoms with Gasteiger partial charge in [-0.3, -0.25) is 4.98 Å². The molecule has 1 aliphatic heterocycles. The molecular formula is C12H11F3N4O. The van der Waals surface area contributed by atoms with Gasteiger partial charge in [0.25, 0.3) is 5.89 Å². The predicted molar refractivity (Wildman–Crippen MR) is 62.5 cm³/mol. The number of aromatic nitrogens is 3. The molecule has 20 heavy (non-hydrogen) atoms. The Morgan fingerprint density at radius 2 is 2.15 bits per heavy atom. The van der Waals surface area contributed by atoms with E-state index in [1.54, 1.807) is 0 Å². The Hall–Kier alpha value is -1.96. The molecule has 1 unspecified atom stereocenters. The Kier molecular flexibility index (Phi) is 3.17. The van der Waals surface area contributed by atoms with Gasteiger partial charge in [0.2, 0.25) is 0 Å². The van der Waals surface area contributed by atoms with E-state index in [-0.39, 0.29) is 17.6 Å². The van der Waals surface area contributed by atoms with E-state index >= 15 is 0 Å². The van der Waals surface area contributed by atoms with Gasteiger partial charge in [-0.1, -0.05) is 5.16 Å². The van der Waals surface area contributed by atoms with Crippen molar-refractivity contribution in [1.82, 2.24) is 20.4 Å². The summed E-state index contributed by atoms with van der Waals surface area (Å²) < 4.78 is 42.3. The SMILES string of the molecule is FC(F)(F)c1ccc(-c2nc(C3CCCN3)no2)nc1. The smallest absolute Gasteiger partial charge is 0.332 e. The van der Waals surface area contributed by atoms with Crippen molar-refractivity contribution in [2.24, 2.45) is 0 Å². The third-order valence-electron chi connectivity index (χ3n) is 3.12. The zero-order valence-corrected chi connectivity index (χ0v) is 10.3. The van der Waals surface area contributed by atoms with Crippen molar-refractivity contribution >= 4 is 0 Å². The summed E-state index contributed by atoms with van der Waals surface area (Å²) in [6.07, 6.45) is -1.70. The molecule has 8 heteroatoms. The van der Waals surface area contributed by atoms with Gasteiger partial charge in [-0.15, -0.1) is 0 Å². The number of hydrogen-bond acceptors (Lipinski definition) is 5. The third-order valence-corrected chi connectivity index (χ3v) is 3.12. The number of nitrogens with one attached hydrogen (secondary N) is 1. The predicted octanol–water partition coefficient (Wildman–Crippen LogP) is 2.57. The second-order valence-electron chi connectivity index (χ2n) is 4.54. The number of alkyl halides is 3. The highest BCUT2D eigenvalue weighted by Crippen LogP contribution is 2.29. The first kappa shape index (κ1) is 13.0. The van der Waals surface area contributed by atoms with Crippen LogP contribution in [0.25, 0.3) is 11.6 Å². The lowest BCUT2D eigenvalue weighted by Crippen LogP contribution is -2.14. The van der Waals surface area contributed by atoms with Crippen molar-refractivity contribution in [3.8, 4) is 11.6 Å². The van der Waals surface area contributed by atoms with Crippen LogP contribution in [-0.4, -0.2) is 21.7 Å². The van der Waals surface area contributed by atoms with Crippen molar-refractivity contribution < 1.29 is 17.7 Å². The Morgan fingerprint density at radius 1 is 1.30 bits per heavy atom. The minimum atomic E-state index is -4.40. The first-order valence-corrected chi connectivity index (χ1v) is 6.14. The Morgan fingerprint density at radius 3 is 2.75 bits per heavy atom. The standard InChI is InChI=1S/C12H11F3N4O/c13-12(14,15)7-3-4-9(17-6-7)11-18-10(19-20-11)8-2-1-5-16-8/h3-4,6,8,16H,1-2,5H2. The molecule has 0 saturated carbocycles. The summed E-state index contributed by atoms with van der Waals surface area (Å²) in [6, 6.07) is 2.21. The number of pyridine rings is 1. The second kappa shape index (κ2) is 4.86. The highest BCUT2D eigenvalue weighted by molar-refractivity contribution is 5.46. The van der Waals surface area contributed by atoms with E-state index in [0.29, 0.717) is 5.82 Å². The lowest BCUT2D eigenvalue weighted by atomic mass is 10.2. The quantitative estimate of drug-likeness (QED) is 0.918.